The number of hydrogen-bond donors (Lipinski definition) is 2. The van der Waals surface area contributed by atoms with Crippen LogP contribution in [-0.4, -0.2) is 24.7 Å². The molecule has 0 spiro atoms. The third-order valence-corrected chi connectivity index (χ3v) is 4.58. The van der Waals surface area contributed by atoms with Crippen LogP contribution in [-0.2, 0) is 10.1 Å². The van der Waals surface area contributed by atoms with E-state index in [-0.39, 0.29) is 34.5 Å². The van der Waals surface area contributed by atoms with E-state index in [2.05, 4.69) is 17.6 Å². The molecule has 0 amide bonds. The van der Waals surface area contributed by atoms with Crippen LogP contribution in [0.25, 0.3) is 0 Å². The number of unbranched alkanes of at least 4 members (excludes halogenated alkanes) is 2. The first-order valence-corrected chi connectivity index (χ1v) is 10.1. The van der Waals surface area contributed by atoms with E-state index in [9.17, 15) is 13.0 Å². The predicted molar refractivity (Wildman–Crippen MR) is 106 cm³/mol. The Bertz CT molecular complexity index is 825. The molecule has 2 aromatic rings. The zero-order valence-electron chi connectivity index (χ0n) is 15.4. The van der Waals surface area contributed by atoms with Crippen molar-refractivity contribution in [2.45, 2.75) is 31.1 Å². The van der Waals surface area contributed by atoms with Crippen molar-refractivity contribution < 1.29 is 47.3 Å². The van der Waals surface area contributed by atoms with Crippen LogP contribution in [0, 0.1) is 0 Å². The number of benzene rings is 2. The van der Waals surface area contributed by atoms with E-state index < -0.39 is 10.1 Å². The molecule has 0 saturated carbocycles. The van der Waals surface area contributed by atoms with E-state index in [0.29, 0.717) is 17.4 Å². The van der Waals surface area contributed by atoms with Crippen molar-refractivity contribution in [3.63, 3.8) is 0 Å². The third-order valence-electron chi connectivity index (χ3n) is 3.53. The predicted octanol–water partition coefficient (Wildman–Crippen LogP) is 0.973. The van der Waals surface area contributed by atoms with Gasteiger partial charge in [0, 0.05) is 11.4 Å². The molecule has 2 aromatic carbocycles. The average molecular weight is 417 g/mol. The van der Waals surface area contributed by atoms with Crippen molar-refractivity contribution in [3.05, 3.63) is 48.5 Å². The molecule has 0 radical (unpaired) electrons. The van der Waals surface area contributed by atoms with Crippen LogP contribution in [0.1, 0.15) is 26.2 Å². The number of nitrogens with one attached hydrogen (secondary N) is 2. The Morgan fingerprint density at radius 3 is 2.00 bits per heavy atom. The summed E-state index contributed by atoms with van der Waals surface area (Å²) in [7, 11) is -4.45. The summed E-state index contributed by atoms with van der Waals surface area (Å²) in [5, 5.41) is 6.29. The fourth-order valence-electron chi connectivity index (χ4n) is 2.17. The zero-order valence-corrected chi connectivity index (χ0v) is 19.0. The second-order valence-corrected chi connectivity index (χ2v) is 7.43. The van der Waals surface area contributed by atoms with Gasteiger partial charge in [0.15, 0.2) is 5.11 Å². The molecule has 2 rings (SSSR count). The Balaban J connectivity index is 0.00000364. The van der Waals surface area contributed by atoms with Crippen LogP contribution in [0.15, 0.2) is 53.4 Å². The van der Waals surface area contributed by atoms with E-state index in [1.807, 2.05) is 24.3 Å². The van der Waals surface area contributed by atoms with Crippen LogP contribution >= 0.6 is 12.2 Å². The van der Waals surface area contributed by atoms with Gasteiger partial charge < -0.3 is 19.9 Å². The van der Waals surface area contributed by atoms with Crippen LogP contribution in [0.5, 0.6) is 5.75 Å². The van der Waals surface area contributed by atoms with Crippen molar-refractivity contribution in [3.8, 4) is 5.75 Å². The summed E-state index contributed by atoms with van der Waals surface area (Å²) >= 11 is 5.22. The van der Waals surface area contributed by atoms with Crippen molar-refractivity contribution >= 4 is 38.8 Å². The quantitative estimate of drug-likeness (QED) is 0.287. The van der Waals surface area contributed by atoms with Gasteiger partial charge in [-0.3, -0.25) is 0 Å². The Morgan fingerprint density at radius 2 is 1.52 bits per heavy atom. The Hall–Kier alpha value is -1.16. The monoisotopic (exact) mass is 416 g/mol. The summed E-state index contributed by atoms with van der Waals surface area (Å²) in [6, 6.07) is 12.9. The van der Waals surface area contributed by atoms with Gasteiger partial charge in [0.25, 0.3) is 0 Å². The molecule has 0 atom stereocenters. The normalized spacial score (nSPS) is 10.6. The number of rotatable bonds is 8. The van der Waals surface area contributed by atoms with Crippen molar-refractivity contribution in [1.82, 2.24) is 0 Å². The van der Waals surface area contributed by atoms with Crippen molar-refractivity contribution in [1.29, 1.82) is 0 Å². The molecule has 0 unspecified atom stereocenters. The first kappa shape index (κ1) is 23.9. The smallest absolute Gasteiger partial charge is 0.744 e. The van der Waals surface area contributed by atoms with E-state index in [4.69, 9.17) is 17.0 Å². The molecule has 140 valence electrons. The number of anilines is 2. The maximum absolute atomic E-state index is 10.9. The summed E-state index contributed by atoms with van der Waals surface area (Å²) in [5.74, 6) is 0.806. The molecular formula is C18H21N2NaO4S2. The van der Waals surface area contributed by atoms with Gasteiger partial charge in [0.05, 0.1) is 11.5 Å². The molecule has 6 nitrogen and oxygen atoms in total. The summed E-state index contributed by atoms with van der Waals surface area (Å²) in [5.41, 5.74) is 1.37. The molecule has 9 heteroatoms. The topological polar surface area (TPSA) is 90.5 Å². The minimum absolute atomic E-state index is 0. The van der Waals surface area contributed by atoms with E-state index in [1.165, 1.54) is 24.3 Å². The Morgan fingerprint density at radius 1 is 1.00 bits per heavy atom. The van der Waals surface area contributed by atoms with Crippen molar-refractivity contribution in [2.75, 3.05) is 17.2 Å². The number of thiocarbonyl (C=S) groups is 1. The van der Waals surface area contributed by atoms with Gasteiger partial charge in [-0.2, -0.15) is 0 Å². The van der Waals surface area contributed by atoms with Crippen LogP contribution < -0.4 is 44.9 Å². The average Bonchev–Trinajstić information content (AvgIpc) is 2.60. The first-order valence-electron chi connectivity index (χ1n) is 8.25. The van der Waals surface area contributed by atoms with Gasteiger partial charge in [-0.05, 0) is 67.2 Å². The fraction of sp³-hybridized carbons (Fsp3) is 0.278. The minimum Gasteiger partial charge on any atom is -0.744 e. The summed E-state index contributed by atoms with van der Waals surface area (Å²) in [6.45, 7) is 2.85. The van der Waals surface area contributed by atoms with E-state index in [1.54, 1.807) is 0 Å². The Labute approximate surface area is 187 Å². The molecule has 2 N–H and O–H groups in total. The summed E-state index contributed by atoms with van der Waals surface area (Å²) in [4.78, 5) is -0.281. The second kappa shape index (κ2) is 11.6. The van der Waals surface area contributed by atoms with Crippen LogP contribution in [0.2, 0.25) is 0 Å². The van der Waals surface area contributed by atoms with Gasteiger partial charge in [0.2, 0.25) is 0 Å². The largest absolute Gasteiger partial charge is 1.00 e. The maximum atomic E-state index is 10.9. The minimum atomic E-state index is -4.45. The van der Waals surface area contributed by atoms with Gasteiger partial charge >= 0.3 is 29.6 Å². The molecule has 0 aliphatic carbocycles. The van der Waals surface area contributed by atoms with Gasteiger partial charge in [-0.15, -0.1) is 0 Å². The third kappa shape index (κ3) is 8.59. The molecule has 0 aliphatic rings. The molecule has 0 saturated heterocycles. The Kier molecular flexibility index (Phi) is 10.3. The van der Waals surface area contributed by atoms with Crippen molar-refractivity contribution in [2.24, 2.45) is 0 Å². The second-order valence-electron chi connectivity index (χ2n) is 5.64. The van der Waals surface area contributed by atoms with E-state index in [0.717, 1.165) is 30.7 Å². The SMILES string of the molecule is CCCCCOc1ccc(NC(=S)Nc2ccc(S(=O)(=O)[O-])cc2)cc1.[Na+]. The van der Waals surface area contributed by atoms with Gasteiger partial charge in [0.1, 0.15) is 15.9 Å². The molecule has 0 aromatic heterocycles. The molecule has 0 bridgehead atoms. The number of hydrogen-bond acceptors (Lipinski definition) is 5. The molecule has 0 heterocycles. The standard InChI is InChI=1S/C18H22N2O4S2.Na/c1-2-3-4-13-24-16-9-5-14(6-10-16)19-18(25)20-15-7-11-17(12-8-15)26(21,22)23;/h5-12H,2-4,13H2,1H3,(H2,19,20,25)(H,21,22,23);/q;+1/p-1. The summed E-state index contributed by atoms with van der Waals surface area (Å²) < 4.78 is 38.4. The first-order chi connectivity index (χ1) is 12.4. The van der Waals surface area contributed by atoms with Gasteiger partial charge in [-0.1, -0.05) is 19.8 Å². The molecule has 0 aliphatic heterocycles. The van der Waals surface area contributed by atoms with Crippen LogP contribution in [0.4, 0.5) is 11.4 Å². The fourth-order valence-corrected chi connectivity index (χ4v) is 2.88. The molecule has 0 fully saturated rings. The summed E-state index contributed by atoms with van der Waals surface area (Å²) in [6.07, 6.45) is 3.35. The molecular weight excluding hydrogens is 395 g/mol. The zero-order chi connectivity index (χ0) is 19.0. The van der Waals surface area contributed by atoms with Gasteiger partial charge in [-0.25, -0.2) is 8.42 Å². The number of ether oxygens (including phenoxy) is 1. The van der Waals surface area contributed by atoms with E-state index >= 15 is 0 Å². The van der Waals surface area contributed by atoms with Crippen LogP contribution in [0.3, 0.4) is 0 Å². The molecule has 27 heavy (non-hydrogen) atoms. The maximum Gasteiger partial charge on any atom is 1.00 e.